The fraction of sp³-hybridized carbons (Fsp3) is 0.174. The molecule has 0 N–H and O–H groups in total. The van der Waals surface area contributed by atoms with Crippen LogP contribution >= 0.6 is 23.4 Å². The third-order valence-electron chi connectivity index (χ3n) is 4.95. The average molecular weight is 435 g/mol. The number of amides is 1. The van der Waals surface area contributed by atoms with Gasteiger partial charge in [-0.05, 0) is 36.4 Å². The third kappa shape index (κ3) is 4.43. The van der Waals surface area contributed by atoms with E-state index in [0.29, 0.717) is 42.3 Å². The maximum atomic E-state index is 13.2. The van der Waals surface area contributed by atoms with Crippen molar-refractivity contribution in [1.82, 2.24) is 9.88 Å². The zero-order chi connectivity index (χ0) is 20.9. The first-order chi connectivity index (χ1) is 14.7. The van der Waals surface area contributed by atoms with Gasteiger partial charge in [0, 0.05) is 42.2 Å². The summed E-state index contributed by atoms with van der Waals surface area (Å²) in [4.78, 5) is 23.4. The van der Waals surface area contributed by atoms with E-state index in [1.807, 2.05) is 59.5 Å². The van der Waals surface area contributed by atoms with Crippen LogP contribution in [0.2, 0.25) is 5.02 Å². The summed E-state index contributed by atoms with van der Waals surface area (Å²) < 4.78 is 0. The van der Waals surface area contributed by atoms with Crippen LogP contribution in [0.5, 0.6) is 0 Å². The summed E-state index contributed by atoms with van der Waals surface area (Å²) in [6.45, 7) is 2.67. The van der Waals surface area contributed by atoms with Crippen LogP contribution in [0.1, 0.15) is 15.9 Å². The van der Waals surface area contributed by atoms with Crippen molar-refractivity contribution in [1.29, 1.82) is 5.26 Å². The minimum absolute atomic E-state index is 0.0104. The molecule has 4 rings (SSSR count). The van der Waals surface area contributed by atoms with Crippen LogP contribution in [0.3, 0.4) is 0 Å². The maximum absolute atomic E-state index is 13.2. The van der Waals surface area contributed by atoms with Gasteiger partial charge in [0.15, 0.2) is 0 Å². The topological polar surface area (TPSA) is 60.2 Å². The molecule has 2 heterocycles. The monoisotopic (exact) mass is 434 g/mol. The van der Waals surface area contributed by atoms with E-state index >= 15 is 0 Å². The van der Waals surface area contributed by atoms with E-state index in [1.54, 1.807) is 12.3 Å². The van der Waals surface area contributed by atoms with E-state index < -0.39 is 0 Å². The lowest BCUT2D eigenvalue weighted by atomic mass is 10.2. The van der Waals surface area contributed by atoms with E-state index in [2.05, 4.69) is 16.0 Å². The molecule has 30 heavy (non-hydrogen) atoms. The van der Waals surface area contributed by atoms with Crippen LogP contribution in [0.4, 0.5) is 5.82 Å². The molecule has 1 fully saturated rings. The number of hydrogen-bond acceptors (Lipinski definition) is 5. The van der Waals surface area contributed by atoms with Crippen LogP contribution in [0.15, 0.2) is 76.7 Å². The van der Waals surface area contributed by atoms with Gasteiger partial charge < -0.3 is 9.80 Å². The first kappa shape index (κ1) is 20.3. The van der Waals surface area contributed by atoms with Crippen molar-refractivity contribution >= 4 is 35.1 Å². The molecule has 0 spiro atoms. The third-order valence-corrected chi connectivity index (χ3v) is 6.32. The van der Waals surface area contributed by atoms with Crippen LogP contribution in [0.25, 0.3) is 0 Å². The molecule has 7 heteroatoms. The Morgan fingerprint density at radius 3 is 2.37 bits per heavy atom. The van der Waals surface area contributed by atoms with Crippen molar-refractivity contribution in [2.75, 3.05) is 31.1 Å². The molecule has 1 aromatic heterocycles. The van der Waals surface area contributed by atoms with E-state index in [9.17, 15) is 10.1 Å². The molecule has 150 valence electrons. The van der Waals surface area contributed by atoms with Gasteiger partial charge in [0.25, 0.3) is 5.91 Å². The highest BCUT2D eigenvalue weighted by Gasteiger charge is 2.24. The summed E-state index contributed by atoms with van der Waals surface area (Å²) in [7, 11) is 0. The van der Waals surface area contributed by atoms with Crippen LogP contribution in [-0.4, -0.2) is 42.0 Å². The summed E-state index contributed by atoms with van der Waals surface area (Å²) in [6, 6.07) is 21.0. The Balaban J connectivity index is 1.48. The van der Waals surface area contributed by atoms with Crippen LogP contribution in [-0.2, 0) is 0 Å². The number of benzene rings is 2. The number of rotatable bonds is 4. The van der Waals surface area contributed by atoms with Crippen LogP contribution in [0, 0.1) is 11.3 Å². The quantitative estimate of drug-likeness (QED) is 0.594. The lowest BCUT2D eigenvalue weighted by Gasteiger charge is -2.35. The van der Waals surface area contributed by atoms with Crippen molar-refractivity contribution in [2.45, 2.75) is 9.79 Å². The zero-order valence-electron chi connectivity index (χ0n) is 16.2. The smallest absolute Gasteiger partial charge is 0.255 e. The van der Waals surface area contributed by atoms with Gasteiger partial charge >= 0.3 is 0 Å². The second-order valence-corrected chi connectivity index (χ2v) is 8.34. The van der Waals surface area contributed by atoms with Crippen LogP contribution < -0.4 is 4.90 Å². The van der Waals surface area contributed by atoms with Gasteiger partial charge in [-0.3, -0.25) is 4.79 Å². The van der Waals surface area contributed by atoms with Gasteiger partial charge in [-0.2, -0.15) is 5.26 Å². The molecule has 0 radical (unpaired) electrons. The molecule has 3 aromatic rings. The lowest BCUT2D eigenvalue weighted by Crippen LogP contribution is -2.49. The Morgan fingerprint density at radius 1 is 0.967 bits per heavy atom. The number of carbonyl (C=O) groups is 1. The van der Waals surface area contributed by atoms with Gasteiger partial charge in [0.1, 0.15) is 11.9 Å². The molecular formula is C23H19ClN4OS. The fourth-order valence-electron chi connectivity index (χ4n) is 3.36. The molecule has 0 unspecified atom stereocenters. The minimum Gasteiger partial charge on any atom is -0.353 e. The van der Waals surface area contributed by atoms with Gasteiger partial charge in [-0.15, -0.1) is 0 Å². The van der Waals surface area contributed by atoms with Gasteiger partial charge in [-0.25, -0.2) is 4.98 Å². The molecule has 0 atom stereocenters. The molecule has 2 aromatic carbocycles. The highest BCUT2D eigenvalue weighted by molar-refractivity contribution is 7.99. The first-order valence-corrected chi connectivity index (χ1v) is 10.8. The van der Waals surface area contributed by atoms with Crippen molar-refractivity contribution in [2.24, 2.45) is 0 Å². The largest absolute Gasteiger partial charge is 0.353 e. The molecule has 1 aliphatic rings. The fourth-order valence-corrected chi connectivity index (χ4v) is 4.49. The van der Waals surface area contributed by atoms with Crippen molar-refractivity contribution in [3.63, 3.8) is 0 Å². The van der Waals surface area contributed by atoms with E-state index in [0.717, 1.165) is 15.6 Å². The number of nitriles is 1. The van der Waals surface area contributed by atoms with E-state index in [1.165, 1.54) is 11.8 Å². The normalized spacial score (nSPS) is 13.7. The predicted molar refractivity (Wildman–Crippen MR) is 119 cm³/mol. The lowest BCUT2D eigenvalue weighted by molar-refractivity contribution is 0.0743. The standard InChI is InChI=1S/C23H19ClN4OS/c24-18-9-10-22(26-16-18)27-11-13-28(14-12-27)23(29)19-6-2-4-8-21(19)30-20-7-3-1-5-17(20)15-25/h1-10,16H,11-14H2. The number of piperazine rings is 1. The Labute approximate surface area is 184 Å². The molecule has 0 aliphatic carbocycles. The molecule has 1 amide bonds. The highest BCUT2D eigenvalue weighted by Crippen LogP contribution is 2.33. The Bertz CT molecular complexity index is 1090. The van der Waals surface area contributed by atoms with Gasteiger partial charge in [0.2, 0.25) is 0 Å². The average Bonchev–Trinajstić information content (AvgIpc) is 2.80. The minimum atomic E-state index is 0.0104. The van der Waals surface area contributed by atoms with Gasteiger partial charge in [0.05, 0.1) is 16.1 Å². The SMILES string of the molecule is N#Cc1ccccc1Sc1ccccc1C(=O)N1CCN(c2ccc(Cl)cn2)CC1. The Kier molecular flexibility index (Phi) is 6.22. The van der Waals surface area contributed by atoms with Crippen molar-refractivity contribution in [3.05, 3.63) is 83.0 Å². The number of hydrogen-bond donors (Lipinski definition) is 0. The van der Waals surface area contributed by atoms with E-state index in [-0.39, 0.29) is 5.91 Å². The highest BCUT2D eigenvalue weighted by atomic mass is 35.5. The van der Waals surface area contributed by atoms with E-state index in [4.69, 9.17) is 11.6 Å². The number of carbonyl (C=O) groups excluding carboxylic acids is 1. The van der Waals surface area contributed by atoms with Crippen molar-refractivity contribution < 1.29 is 4.79 Å². The summed E-state index contributed by atoms with van der Waals surface area (Å²) in [6.07, 6.45) is 1.64. The maximum Gasteiger partial charge on any atom is 0.255 e. The summed E-state index contributed by atoms with van der Waals surface area (Å²) >= 11 is 7.37. The molecule has 1 saturated heterocycles. The number of pyridine rings is 1. The number of anilines is 1. The number of halogens is 1. The molecule has 0 bridgehead atoms. The second-order valence-electron chi connectivity index (χ2n) is 6.82. The molecular weight excluding hydrogens is 416 g/mol. The second kappa shape index (κ2) is 9.21. The first-order valence-electron chi connectivity index (χ1n) is 9.57. The van der Waals surface area contributed by atoms with Crippen molar-refractivity contribution in [3.8, 4) is 6.07 Å². The summed E-state index contributed by atoms with van der Waals surface area (Å²) in [5.41, 5.74) is 1.27. The summed E-state index contributed by atoms with van der Waals surface area (Å²) in [5, 5.41) is 9.97. The van der Waals surface area contributed by atoms with Gasteiger partial charge in [-0.1, -0.05) is 47.6 Å². The number of nitrogens with zero attached hydrogens (tertiary/aromatic N) is 4. The Hall–Kier alpha value is -3.01. The molecule has 1 aliphatic heterocycles. The number of aromatic nitrogens is 1. The summed E-state index contributed by atoms with van der Waals surface area (Å²) in [5.74, 6) is 0.881. The zero-order valence-corrected chi connectivity index (χ0v) is 17.7. The molecule has 0 saturated carbocycles. The molecule has 5 nitrogen and oxygen atoms in total. The Morgan fingerprint density at radius 2 is 1.67 bits per heavy atom. The predicted octanol–water partition coefficient (Wildman–Crippen LogP) is 4.72.